The van der Waals surface area contributed by atoms with E-state index in [2.05, 4.69) is 15.5 Å². The van der Waals surface area contributed by atoms with Crippen molar-refractivity contribution in [3.8, 4) is 17.1 Å². The summed E-state index contributed by atoms with van der Waals surface area (Å²) in [6.07, 6.45) is 3.79. The van der Waals surface area contributed by atoms with Gasteiger partial charge in [-0.25, -0.2) is 4.68 Å². The highest BCUT2D eigenvalue weighted by Crippen LogP contribution is 2.22. The lowest BCUT2D eigenvalue weighted by Crippen LogP contribution is -1.97. The van der Waals surface area contributed by atoms with Crippen LogP contribution in [0.2, 0.25) is 0 Å². The number of hydrogen-bond donors (Lipinski definition) is 0. The summed E-state index contributed by atoms with van der Waals surface area (Å²) in [5, 5.41) is 12.0. The number of tetrazole rings is 1. The maximum atomic E-state index is 6.00. The van der Waals surface area contributed by atoms with Crippen LogP contribution in [0, 0.1) is 0 Å². The van der Waals surface area contributed by atoms with E-state index in [0.29, 0.717) is 12.4 Å². The zero-order valence-corrected chi connectivity index (χ0v) is 14.6. The second kappa shape index (κ2) is 8.10. The average molecular weight is 354 g/mol. The Balaban J connectivity index is 1.55. The van der Waals surface area contributed by atoms with E-state index in [9.17, 15) is 0 Å². The summed E-state index contributed by atoms with van der Waals surface area (Å²) >= 11 is 0. The number of para-hydroxylation sites is 1. The molecular weight excluding hydrogens is 336 g/mol. The minimum Gasteiger partial charge on any atom is -0.488 e. The van der Waals surface area contributed by atoms with Crippen molar-refractivity contribution in [1.29, 1.82) is 0 Å². The van der Waals surface area contributed by atoms with Gasteiger partial charge < -0.3 is 4.74 Å². The molecule has 0 fully saturated rings. The predicted octanol–water partition coefficient (Wildman–Crippen LogP) is 4.55. The number of nitrogens with zero attached hydrogens (tertiary/aromatic N) is 4. The van der Waals surface area contributed by atoms with Crippen molar-refractivity contribution in [3.05, 3.63) is 96.1 Å². The standard InChI is InChI=1S/C22H18N4O/c1-3-9-18(10-4-1)17-27-21-14-8-7-11-19(21)15-16-26-22(23-24-25-26)20-12-5-2-6-13-20/h1-16H,17H2. The third-order valence-corrected chi connectivity index (χ3v) is 4.08. The molecule has 0 saturated carbocycles. The smallest absolute Gasteiger partial charge is 0.186 e. The molecule has 5 heteroatoms. The Hall–Kier alpha value is -3.73. The Bertz CT molecular complexity index is 1030. The molecule has 132 valence electrons. The summed E-state index contributed by atoms with van der Waals surface area (Å²) < 4.78 is 7.65. The summed E-state index contributed by atoms with van der Waals surface area (Å²) in [6, 6.07) is 27.9. The molecule has 0 aliphatic heterocycles. The molecule has 5 nitrogen and oxygen atoms in total. The predicted molar refractivity (Wildman–Crippen MR) is 106 cm³/mol. The third kappa shape index (κ3) is 4.10. The number of ether oxygens (including phenoxy) is 1. The quantitative estimate of drug-likeness (QED) is 0.510. The molecule has 1 heterocycles. The fraction of sp³-hybridized carbons (Fsp3) is 0.0455. The highest BCUT2D eigenvalue weighted by molar-refractivity contribution is 5.67. The fourth-order valence-electron chi connectivity index (χ4n) is 2.71. The first-order valence-electron chi connectivity index (χ1n) is 8.67. The van der Waals surface area contributed by atoms with Gasteiger partial charge in [0.05, 0.1) is 0 Å². The van der Waals surface area contributed by atoms with Crippen LogP contribution in [0.3, 0.4) is 0 Å². The Morgan fingerprint density at radius 3 is 2.33 bits per heavy atom. The van der Waals surface area contributed by atoms with Crippen molar-refractivity contribution in [3.63, 3.8) is 0 Å². The van der Waals surface area contributed by atoms with Crippen LogP contribution in [0.15, 0.2) is 84.9 Å². The summed E-state index contributed by atoms with van der Waals surface area (Å²) in [6.45, 7) is 0.520. The fourth-order valence-corrected chi connectivity index (χ4v) is 2.71. The molecule has 0 spiro atoms. The molecule has 0 radical (unpaired) electrons. The van der Waals surface area contributed by atoms with Crippen LogP contribution in [0.25, 0.3) is 23.7 Å². The van der Waals surface area contributed by atoms with Crippen LogP contribution < -0.4 is 4.74 Å². The second-order valence-corrected chi connectivity index (χ2v) is 5.94. The topological polar surface area (TPSA) is 52.8 Å². The van der Waals surface area contributed by atoms with E-state index in [4.69, 9.17) is 4.74 Å². The first-order chi connectivity index (χ1) is 13.4. The van der Waals surface area contributed by atoms with Gasteiger partial charge in [-0.2, -0.15) is 0 Å². The lowest BCUT2D eigenvalue weighted by atomic mass is 10.2. The molecular formula is C22H18N4O. The van der Waals surface area contributed by atoms with Crippen molar-refractivity contribution in [1.82, 2.24) is 20.2 Å². The molecule has 0 bridgehead atoms. The van der Waals surface area contributed by atoms with Gasteiger partial charge in [0.1, 0.15) is 12.4 Å². The van der Waals surface area contributed by atoms with E-state index < -0.39 is 0 Å². The zero-order chi connectivity index (χ0) is 18.3. The third-order valence-electron chi connectivity index (χ3n) is 4.08. The summed E-state index contributed by atoms with van der Waals surface area (Å²) in [7, 11) is 0. The van der Waals surface area contributed by atoms with Crippen LogP contribution in [0.5, 0.6) is 5.75 Å². The van der Waals surface area contributed by atoms with Gasteiger partial charge in [-0.1, -0.05) is 78.9 Å². The van der Waals surface area contributed by atoms with E-state index in [1.54, 1.807) is 4.68 Å². The first kappa shape index (κ1) is 16.7. The summed E-state index contributed by atoms with van der Waals surface area (Å²) in [5.41, 5.74) is 3.05. The number of benzene rings is 3. The van der Waals surface area contributed by atoms with Crippen molar-refractivity contribution >= 4 is 12.3 Å². The molecule has 0 N–H and O–H groups in total. The average Bonchev–Trinajstić information content (AvgIpc) is 3.21. The van der Waals surface area contributed by atoms with Crippen LogP contribution >= 0.6 is 0 Å². The highest BCUT2D eigenvalue weighted by atomic mass is 16.5. The number of rotatable bonds is 6. The summed E-state index contributed by atoms with van der Waals surface area (Å²) in [5.74, 6) is 1.50. The molecule has 0 amide bonds. The number of aromatic nitrogens is 4. The van der Waals surface area contributed by atoms with E-state index in [1.165, 1.54) is 0 Å². The van der Waals surface area contributed by atoms with Crippen LogP contribution in [0.4, 0.5) is 0 Å². The molecule has 3 aromatic carbocycles. The van der Waals surface area contributed by atoms with E-state index in [1.807, 2.05) is 97.2 Å². The van der Waals surface area contributed by atoms with Crippen LogP contribution in [-0.2, 0) is 6.61 Å². The van der Waals surface area contributed by atoms with Gasteiger partial charge >= 0.3 is 0 Å². The highest BCUT2D eigenvalue weighted by Gasteiger charge is 2.06. The Morgan fingerprint density at radius 2 is 1.52 bits per heavy atom. The molecule has 0 aliphatic carbocycles. The van der Waals surface area contributed by atoms with Gasteiger partial charge in [-0.15, -0.1) is 5.10 Å². The first-order valence-corrected chi connectivity index (χ1v) is 8.67. The van der Waals surface area contributed by atoms with Gasteiger partial charge in [0.2, 0.25) is 0 Å². The van der Waals surface area contributed by atoms with Crippen molar-refractivity contribution < 1.29 is 4.74 Å². The molecule has 0 aliphatic rings. The normalized spacial score (nSPS) is 11.0. The van der Waals surface area contributed by atoms with Gasteiger partial charge in [-0.3, -0.25) is 0 Å². The van der Waals surface area contributed by atoms with Gasteiger partial charge in [0.25, 0.3) is 0 Å². The van der Waals surface area contributed by atoms with E-state index in [0.717, 1.165) is 22.4 Å². The van der Waals surface area contributed by atoms with E-state index >= 15 is 0 Å². The monoisotopic (exact) mass is 354 g/mol. The molecule has 0 atom stereocenters. The van der Waals surface area contributed by atoms with Crippen LogP contribution in [-0.4, -0.2) is 20.2 Å². The maximum absolute atomic E-state index is 6.00. The van der Waals surface area contributed by atoms with E-state index in [-0.39, 0.29) is 0 Å². The van der Waals surface area contributed by atoms with Crippen molar-refractivity contribution in [2.45, 2.75) is 6.61 Å². The molecule has 27 heavy (non-hydrogen) atoms. The summed E-state index contributed by atoms with van der Waals surface area (Å²) in [4.78, 5) is 0. The minimum absolute atomic E-state index is 0.520. The molecule has 0 saturated heterocycles. The Labute approximate surface area is 157 Å². The van der Waals surface area contributed by atoms with Crippen molar-refractivity contribution in [2.24, 2.45) is 0 Å². The van der Waals surface area contributed by atoms with Gasteiger partial charge in [-0.05, 0) is 28.1 Å². The second-order valence-electron chi connectivity index (χ2n) is 5.94. The lowest BCUT2D eigenvalue weighted by Gasteiger charge is -2.09. The molecule has 4 rings (SSSR count). The molecule has 4 aromatic rings. The molecule has 0 unspecified atom stereocenters. The zero-order valence-electron chi connectivity index (χ0n) is 14.6. The minimum atomic E-state index is 0.520. The molecule has 1 aromatic heterocycles. The number of hydrogen-bond acceptors (Lipinski definition) is 4. The maximum Gasteiger partial charge on any atom is 0.186 e. The van der Waals surface area contributed by atoms with Crippen molar-refractivity contribution in [2.75, 3.05) is 0 Å². The van der Waals surface area contributed by atoms with Gasteiger partial charge in [0.15, 0.2) is 5.82 Å². The van der Waals surface area contributed by atoms with Crippen LogP contribution in [0.1, 0.15) is 11.1 Å². The Kier molecular flexibility index (Phi) is 5.02. The largest absolute Gasteiger partial charge is 0.488 e. The SMILES string of the molecule is C(=Cn1nnnc1-c1ccccc1)c1ccccc1OCc1ccccc1. The lowest BCUT2D eigenvalue weighted by molar-refractivity contribution is 0.305. The Morgan fingerprint density at radius 1 is 0.815 bits per heavy atom. The van der Waals surface area contributed by atoms with Gasteiger partial charge in [0, 0.05) is 17.3 Å².